The van der Waals surface area contributed by atoms with Gasteiger partial charge in [0.25, 0.3) is 0 Å². The maximum absolute atomic E-state index is 10.1. The molecule has 0 aromatic rings. The van der Waals surface area contributed by atoms with E-state index in [0.29, 0.717) is 6.10 Å². The summed E-state index contributed by atoms with van der Waals surface area (Å²) in [5.41, 5.74) is 2.27. The lowest BCUT2D eigenvalue weighted by atomic mass is 10.8. The molecule has 0 aromatic carbocycles. The fraction of sp³-hybridized carbons (Fsp3) is 0.800. The van der Waals surface area contributed by atoms with Crippen molar-refractivity contribution < 1.29 is 9.63 Å². The minimum atomic E-state index is -0.128. The molecule has 0 bridgehead atoms. The second kappa shape index (κ2) is 2.13. The van der Waals surface area contributed by atoms with Crippen molar-refractivity contribution in [3.05, 3.63) is 0 Å². The van der Waals surface area contributed by atoms with Crippen molar-refractivity contribution >= 4 is 5.91 Å². The van der Waals surface area contributed by atoms with E-state index in [4.69, 9.17) is 4.84 Å². The number of amides is 1. The van der Waals surface area contributed by atoms with Crippen molar-refractivity contribution in [1.82, 2.24) is 5.48 Å². The second-order valence-corrected chi connectivity index (χ2v) is 1.98. The molecule has 0 radical (unpaired) electrons. The fourth-order valence-electron chi connectivity index (χ4n) is 0.352. The first-order valence-corrected chi connectivity index (χ1v) is 2.71. The van der Waals surface area contributed by atoms with Gasteiger partial charge in [0, 0.05) is 6.92 Å². The highest BCUT2D eigenvalue weighted by atomic mass is 16.7. The van der Waals surface area contributed by atoms with Gasteiger partial charge in [0.05, 0.1) is 6.10 Å². The van der Waals surface area contributed by atoms with Crippen LogP contribution in [0.15, 0.2) is 0 Å². The van der Waals surface area contributed by atoms with Crippen molar-refractivity contribution in [1.29, 1.82) is 0 Å². The molecule has 1 amide bonds. The van der Waals surface area contributed by atoms with E-state index in [1.165, 1.54) is 6.92 Å². The molecule has 1 aliphatic rings. The Labute approximate surface area is 48.0 Å². The highest BCUT2D eigenvalue weighted by Crippen LogP contribution is 2.21. The molecule has 0 heterocycles. The molecule has 46 valence electrons. The van der Waals surface area contributed by atoms with Gasteiger partial charge in [-0.05, 0) is 12.8 Å². The molecule has 8 heavy (non-hydrogen) atoms. The molecule has 1 fully saturated rings. The minimum Gasteiger partial charge on any atom is -0.273 e. The minimum absolute atomic E-state index is 0.128. The molecule has 1 N–H and O–H groups in total. The molecule has 0 unspecified atom stereocenters. The molecule has 1 rings (SSSR count). The first-order chi connectivity index (χ1) is 3.79. The van der Waals surface area contributed by atoms with Crippen LogP contribution in [0.3, 0.4) is 0 Å². The third-order valence-corrected chi connectivity index (χ3v) is 0.894. The summed E-state index contributed by atoms with van der Waals surface area (Å²) in [6.45, 7) is 1.43. The molecule has 1 aliphatic carbocycles. The van der Waals surface area contributed by atoms with Crippen molar-refractivity contribution in [3.63, 3.8) is 0 Å². The van der Waals surface area contributed by atoms with Gasteiger partial charge in [0.2, 0.25) is 5.91 Å². The fourth-order valence-corrected chi connectivity index (χ4v) is 0.352. The van der Waals surface area contributed by atoms with Gasteiger partial charge in [-0.25, -0.2) is 5.48 Å². The van der Waals surface area contributed by atoms with Crippen LogP contribution in [-0.4, -0.2) is 12.0 Å². The Morgan fingerprint density at radius 2 is 2.38 bits per heavy atom. The summed E-state index contributed by atoms with van der Waals surface area (Å²) in [6, 6.07) is 0. The number of hydroxylamine groups is 1. The van der Waals surface area contributed by atoms with Crippen LogP contribution in [0.1, 0.15) is 19.8 Å². The smallest absolute Gasteiger partial charge is 0.240 e. The molecular formula is C5H9NO2. The predicted octanol–water partition coefficient (Wildman–Crippen LogP) is 0.217. The molecule has 0 saturated heterocycles. The summed E-state index contributed by atoms with van der Waals surface area (Å²) in [7, 11) is 0. The Kier molecular flexibility index (Phi) is 1.48. The van der Waals surface area contributed by atoms with Gasteiger partial charge in [0.15, 0.2) is 0 Å². The normalized spacial score (nSPS) is 18.1. The number of carbonyl (C=O) groups excluding carboxylic acids is 1. The third-order valence-electron chi connectivity index (χ3n) is 0.894. The average Bonchev–Trinajstić information content (AvgIpc) is 2.41. The summed E-state index contributed by atoms with van der Waals surface area (Å²) >= 11 is 0. The van der Waals surface area contributed by atoms with E-state index in [9.17, 15) is 4.79 Å². The van der Waals surface area contributed by atoms with Gasteiger partial charge in [-0.1, -0.05) is 0 Å². The zero-order valence-corrected chi connectivity index (χ0v) is 4.81. The van der Waals surface area contributed by atoms with E-state index in [1.54, 1.807) is 0 Å². The van der Waals surface area contributed by atoms with Gasteiger partial charge in [-0.2, -0.15) is 0 Å². The molecule has 1 saturated carbocycles. The van der Waals surface area contributed by atoms with Crippen LogP contribution in [0.2, 0.25) is 0 Å². The Morgan fingerprint density at radius 1 is 1.75 bits per heavy atom. The predicted molar refractivity (Wildman–Crippen MR) is 27.9 cm³/mol. The van der Waals surface area contributed by atoms with Crippen LogP contribution in [0.4, 0.5) is 0 Å². The number of rotatable bonds is 2. The molecule has 0 spiro atoms. The SMILES string of the molecule is CC(=O)NOC1CC1. The Morgan fingerprint density at radius 3 is 2.75 bits per heavy atom. The van der Waals surface area contributed by atoms with E-state index in [0.717, 1.165) is 12.8 Å². The standard InChI is InChI=1S/C5H9NO2/c1-4(7)6-8-5-2-3-5/h5H,2-3H2,1H3,(H,6,7). The van der Waals surface area contributed by atoms with E-state index < -0.39 is 0 Å². The monoisotopic (exact) mass is 115 g/mol. The van der Waals surface area contributed by atoms with Crippen LogP contribution < -0.4 is 5.48 Å². The second-order valence-electron chi connectivity index (χ2n) is 1.98. The van der Waals surface area contributed by atoms with Gasteiger partial charge in [-0.3, -0.25) is 9.63 Å². The van der Waals surface area contributed by atoms with Crippen LogP contribution >= 0.6 is 0 Å². The van der Waals surface area contributed by atoms with Crippen molar-refractivity contribution in [2.24, 2.45) is 0 Å². The highest BCUT2D eigenvalue weighted by molar-refractivity contribution is 5.71. The summed E-state index contributed by atoms with van der Waals surface area (Å²) in [5, 5.41) is 0. The van der Waals surface area contributed by atoms with Gasteiger partial charge in [-0.15, -0.1) is 0 Å². The van der Waals surface area contributed by atoms with E-state index >= 15 is 0 Å². The van der Waals surface area contributed by atoms with E-state index in [1.807, 2.05) is 0 Å². The average molecular weight is 115 g/mol. The van der Waals surface area contributed by atoms with Crippen LogP contribution in [-0.2, 0) is 9.63 Å². The topological polar surface area (TPSA) is 38.3 Å². The number of hydrogen-bond acceptors (Lipinski definition) is 2. The lowest BCUT2D eigenvalue weighted by molar-refractivity contribution is -0.132. The maximum Gasteiger partial charge on any atom is 0.240 e. The third kappa shape index (κ3) is 1.93. The zero-order valence-electron chi connectivity index (χ0n) is 4.81. The molecule has 0 atom stereocenters. The molecular weight excluding hydrogens is 106 g/mol. The van der Waals surface area contributed by atoms with Crippen LogP contribution in [0.25, 0.3) is 0 Å². The van der Waals surface area contributed by atoms with Gasteiger partial charge in [0.1, 0.15) is 0 Å². The summed E-state index contributed by atoms with van der Waals surface area (Å²) in [6.07, 6.45) is 2.47. The summed E-state index contributed by atoms with van der Waals surface area (Å²) < 4.78 is 0. The Balaban J connectivity index is 1.95. The maximum atomic E-state index is 10.1. The first-order valence-electron chi connectivity index (χ1n) is 2.71. The van der Waals surface area contributed by atoms with Gasteiger partial charge >= 0.3 is 0 Å². The number of carbonyl (C=O) groups is 1. The molecule has 0 aliphatic heterocycles. The molecule has 0 aromatic heterocycles. The lowest BCUT2D eigenvalue weighted by Gasteiger charge is -1.97. The Bertz CT molecular complexity index is 98.6. The summed E-state index contributed by atoms with van der Waals surface area (Å²) in [5.74, 6) is -0.128. The van der Waals surface area contributed by atoms with E-state index in [-0.39, 0.29) is 5.91 Å². The number of hydrogen-bond donors (Lipinski definition) is 1. The zero-order chi connectivity index (χ0) is 5.98. The Hall–Kier alpha value is -0.570. The lowest BCUT2D eigenvalue weighted by Crippen LogP contribution is -2.20. The number of nitrogens with one attached hydrogen (secondary N) is 1. The first kappa shape index (κ1) is 5.56. The van der Waals surface area contributed by atoms with Crippen molar-refractivity contribution in [3.8, 4) is 0 Å². The van der Waals surface area contributed by atoms with Crippen molar-refractivity contribution in [2.75, 3.05) is 0 Å². The van der Waals surface area contributed by atoms with Crippen LogP contribution in [0.5, 0.6) is 0 Å². The highest BCUT2D eigenvalue weighted by Gasteiger charge is 2.22. The quantitative estimate of drug-likeness (QED) is 0.523. The van der Waals surface area contributed by atoms with Gasteiger partial charge < -0.3 is 0 Å². The molecule has 3 heteroatoms. The van der Waals surface area contributed by atoms with Crippen molar-refractivity contribution in [2.45, 2.75) is 25.9 Å². The summed E-state index contributed by atoms with van der Waals surface area (Å²) in [4.78, 5) is 15.0. The van der Waals surface area contributed by atoms with E-state index in [2.05, 4.69) is 5.48 Å². The largest absolute Gasteiger partial charge is 0.273 e. The molecule has 3 nitrogen and oxygen atoms in total. The van der Waals surface area contributed by atoms with Crippen LogP contribution in [0, 0.1) is 0 Å².